The maximum Gasteiger partial charge on any atom is 0.230 e. The number of morpholine rings is 1. The van der Waals surface area contributed by atoms with E-state index in [0.29, 0.717) is 29.6 Å². The predicted octanol–water partition coefficient (Wildman–Crippen LogP) is 4.62. The Morgan fingerprint density at radius 1 is 1.21 bits per heavy atom. The fourth-order valence-corrected chi connectivity index (χ4v) is 4.32. The molecular weight excluding hydrogens is 413 g/mol. The molecule has 1 N–H and O–H groups in total. The number of ether oxygens (including phenoxy) is 1. The molecule has 0 bridgehead atoms. The van der Waals surface area contributed by atoms with Crippen molar-refractivity contribution in [2.24, 2.45) is 0 Å². The van der Waals surface area contributed by atoms with E-state index in [1.807, 2.05) is 23.6 Å². The van der Waals surface area contributed by atoms with E-state index in [4.69, 9.17) is 16.3 Å². The predicted molar refractivity (Wildman–Crippen MR) is 114 cm³/mol. The molecule has 1 aliphatic heterocycles. The number of carbonyl (C=O) groups excluding carboxylic acids is 1. The van der Waals surface area contributed by atoms with Gasteiger partial charge in [-0.2, -0.15) is 0 Å². The molecule has 0 atom stereocenters. The van der Waals surface area contributed by atoms with Crippen LogP contribution in [0.3, 0.4) is 0 Å². The van der Waals surface area contributed by atoms with Crippen LogP contribution in [0.25, 0.3) is 10.6 Å². The summed E-state index contributed by atoms with van der Waals surface area (Å²) in [5.41, 5.74) is 2.99. The quantitative estimate of drug-likeness (QED) is 0.640. The number of aromatic nitrogens is 1. The van der Waals surface area contributed by atoms with E-state index in [1.54, 1.807) is 12.1 Å². The van der Waals surface area contributed by atoms with Gasteiger partial charge in [0.2, 0.25) is 5.91 Å². The summed E-state index contributed by atoms with van der Waals surface area (Å²) in [5, 5.41) is 6.16. The zero-order valence-electron chi connectivity index (χ0n) is 15.5. The summed E-state index contributed by atoms with van der Waals surface area (Å²) in [6, 6.07) is 11.6. The lowest BCUT2D eigenvalue weighted by molar-refractivity contribution is -0.115. The van der Waals surface area contributed by atoms with Gasteiger partial charge in [-0.3, -0.25) is 4.79 Å². The minimum atomic E-state index is -0.289. The van der Waals surface area contributed by atoms with E-state index in [-0.39, 0.29) is 18.1 Å². The molecule has 0 radical (unpaired) electrons. The molecule has 0 spiro atoms. The Bertz CT molecular complexity index is 1000. The van der Waals surface area contributed by atoms with Crippen LogP contribution in [0.1, 0.15) is 5.69 Å². The molecule has 4 rings (SSSR count). The van der Waals surface area contributed by atoms with E-state index in [9.17, 15) is 9.18 Å². The molecule has 8 heteroatoms. The van der Waals surface area contributed by atoms with Crippen LogP contribution in [-0.2, 0) is 16.0 Å². The Kier molecular flexibility index (Phi) is 6.08. The molecule has 1 saturated heterocycles. The summed E-state index contributed by atoms with van der Waals surface area (Å²) < 4.78 is 18.5. The van der Waals surface area contributed by atoms with Gasteiger partial charge >= 0.3 is 0 Å². The van der Waals surface area contributed by atoms with Gasteiger partial charge in [-0.15, -0.1) is 11.3 Å². The van der Waals surface area contributed by atoms with Crippen LogP contribution in [0.2, 0.25) is 5.02 Å². The summed E-state index contributed by atoms with van der Waals surface area (Å²) in [5.74, 6) is -0.458. The molecule has 2 heterocycles. The van der Waals surface area contributed by atoms with E-state index < -0.39 is 0 Å². The van der Waals surface area contributed by atoms with Crippen molar-refractivity contribution in [2.45, 2.75) is 6.42 Å². The fourth-order valence-electron chi connectivity index (χ4n) is 3.20. The van der Waals surface area contributed by atoms with Crippen molar-refractivity contribution in [1.29, 1.82) is 0 Å². The number of carbonyl (C=O) groups is 1. The second-order valence-electron chi connectivity index (χ2n) is 6.61. The highest BCUT2D eigenvalue weighted by molar-refractivity contribution is 7.13. The summed E-state index contributed by atoms with van der Waals surface area (Å²) in [7, 11) is 0. The summed E-state index contributed by atoms with van der Waals surface area (Å²) in [6.45, 7) is 2.70. The minimum Gasteiger partial charge on any atom is -0.378 e. The maximum atomic E-state index is 13.1. The molecule has 1 fully saturated rings. The highest BCUT2D eigenvalue weighted by Gasteiger charge is 2.19. The fraction of sp³-hybridized carbons (Fsp3) is 0.238. The number of thiazole rings is 1. The van der Waals surface area contributed by atoms with Gasteiger partial charge in [0.25, 0.3) is 0 Å². The van der Waals surface area contributed by atoms with Crippen LogP contribution in [0, 0.1) is 5.82 Å². The SMILES string of the molecule is O=C(Cc1csc(-c2ccc(F)cc2)n1)Nc1cccc(Cl)c1N1CCOCC1. The average Bonchev–Trinajstić information content (AvgIpc) is 3.17. The van der Waals surface area contributed by atoms with Crippen molar-refractivity contribution in [3.63, 3.8) is 0 Å². The van der Waals surface area contributed by atoms with E-state index >= 15 is 0 Å². The first-order valence-electron chi connectivity index (χ1n) is 9.21. The number of benzene rings is 2. The standard InChI is InChI=1S/C21H19ClFN3O2S/c22-17-2-1-3-18(20(17)26-8-10-28-11-9-26)25-19(27)12-16-13-29-21(24-16)14-4-6-15(23)7-5-14/h1-7,13H,8-12H2,(H,25,27). The Labute approximate surface area is 177 Å². The highest BCUT2D eigenvalue weighted by atomic mass is 35.5. The lowest BCUT2D eigenvalue weighted by Gasteiger charge is -2.31. The molecule has 0 aliphatic carbocycles. The number of anilines is 2. The Morgan fingerprint density at radius 2 is 1.97 bits per heavy atom. The van der Waals surface area contributed by atoms with Crippen molar-refractivity contribution in [1.82, 2.24) is 4.98 Å². The first-order chi connectivity index (χ1) is 14.1. The number of amides is 1. The van der Waals surface area contributed by atoms with Crippen LogP contribution < -0.4 is 10.2 Å². The molecule has 1 aliphatic rings. The van der Waals surface area contributed by atoms with Gasteiger partial charge in [0.1, 0.15) is 10.8 Å². The molecule has 29 heavy (non-hydrogen) atoms. The van der Waals surface area contributed by atoms with Crippen molar-refractivity contribution < 1.29 is 13.9 Å². The third-order valence-corrected chi connectivity index (χ3v) is 5.82. The molecule has 150 valence electrons. The van der Waals surface area contributed by atoms with Crippen molar-refractivity contribution in [3.8, 4) is 10.6 Å². The van der Waals surface area contributed by atoms with Gasteiger partial charge in [0, 0.05) is 24.0 Å². The molecule has 2 aromatic carbocycles. The molecule has 1 aromatic heterocycles. The number of hydrogen-bond acceptors (Lipinski definition) is 5. The Hall–Kier alpha value is -2.48. The number of hydrogen-bond donors (Lipinski definition) is 1. The maximum absolute atomic E-state index is 13.1. The third-order valence-electron chi connectivity index (χ3n) is 4.57. The van der Waals surface area contributed by atoms with Gasteiger partial charge < -0.3 is 15.0 Å². The molecule has 0 unspecified atom stereocenters. The number of nitrogens with one attached hydrogen (secondary N) is 1. The Balaban J connectivity index is 1.47. The van der Waals surface area contributed by atoms with Crippen molar-refractivity contribution >= 4 is 40.2 Å². The summed E-state index contributed by atoms with van der Waals surface area (Å²) >= 11 is 7.85. The minimum absolute atomic E-state index is 0.146. The third kappa shape index (κ3) is 4.75. The molecular formula is C21H19ClFN3O2S. The summed E-state index contributed by atoms with van der Waals surface area (Å²) in [4.78, 5) is 19.3. The van der Waals surface area contributed by atoms with Crippen molar-refractivity contribution in [2.75, 3.05) is 36.5 Å². The average molecular weight is 432 g/mol. The number of nitrogens with zero attached hydrogens (tertiary/aromatic N) is 2. The van der Waals surface area contributed by atoms with E-state index in [0.717, 1.165) is 29.3 Å². The second-order valence-corrected chi connectivity index (χ2v) is 7.88. The van der Waals surface area contributed by atoms with Gasteiger partial charge in [0.05, 0.1) is 41.7 Å². The first kappa shape index (κ1) is 19.8. The monoisotopic (exact) mass is 431 g/mol. The normalized spacial score (nSPS) is 14.1. The van der Waals surface area contributed by atoms with Crippen molar-refractivity contribution in [3.05, 3.63) is 64.4 Å². The number of halogens is 2. The zero-order valence-corrected chi connectivity index (χ0v) is 17.1. The second kappa shape index (κ2) is 8.90. The molecule has 0 saturated carbocycles. The Morgan fingerprint density at radius 3 is 2.72 bits per heavy atom. The van der Waals surface area contributed by atoms with Crippen LogP contribution in [0.5, 0.6) is 0 Å². The van der Waals surface area contributed by atoms with Crippen LogP contribution >= 0.6 is 22.9 Å². The zero-order chi connectivity index (χ0) is 20.2. The van der Waals surface area contributed by atoms with Gasteiger partial charge in [-0.05, 0) is 36.4 Å². The largest absolute Gasteiger partial charge is 0.378 e. The number of para-hydroxylation sites is 1. The smallest absolute Gasteiger partial charge is 0.230 e. The number of rotatable bonds is 5. The van der Waals surface area contributed by atoms with Gasteiger partial charge in [-0.1, -0.05) is 17.7 Å². The summed E-state index contributed by atoms with van der Waals surface area (Å²) in [6.07, 6.45) is 0.146. The molecule has 1 amide bonds. The lowest BCUT2D eigenvalue weighted by atomic mass is 10.2. The van der Waals surface area contributed by atoms with E-state index in [1.165, 1.54) is 23.5 Å². The lowest BCUT2D eigenvalue weighted by Crippen LogP contribution is -2.37. The van der Waals surface area contributed by atoms with Crippen LogP contribution in [0.4, 0.5) is 15.8 Å². The molecule has 5 nitrogen and oxygen atoms in total. The molecule has 3 aromatic rings. The highest BCUT2D eigenvalue weighted by Crippen LogP contribution is 2.34. The first-order valence-corrected chi connectivity index (χ1v) is 10.5. The van der Waals surface area contributed by atoms with Gasteiger partial charge in [-0.25, -0.2) is 9.37 Å². The van der Waals surface area contributed by atoms with Crippen LogP contribution in [0.15, 0.2) is 47.8 Å². The van der Waals surface area contributed by atoms with Gasteiger partial charge in [0.15, 0.2) is 0 Å². The van der Waals surface area contributed by atoms with E-state index in [2.05, 4.69) is 15.2 Å². The van der Waals surface area contributed by atoms with Crippen LogP contribution in [-0.4, -0.2) is 37.2 Å². The topological polar surface area (TPSA) is 54.5 Å².